The van der Waals surface area contributed by atoms with Crippen molar-refractivity contribution < 1.29 is 14.3 Å². The summed E-state index contributed by atoms with van der Waals surface area (Å²) in [6.07, 6.45) is 8.54. The molecule has 0 saturated heterocycles. The topological polar surface area (TPSA) is 67.4 Å². The zero-order valence-electron chi connectivity index (χ0n) is 11.6. The Morgan fingerprint density at radius 1 is 1.55 bits per heavy atom. The van der Waals surface area contributed by atoms with Crippen LogP contribution in [-0.2, 0) is 9.53 Å². The Morgan fingerprint density at radius 2 is 2.35 bits per heavy atom. The van der Waals surface area contributed by atoms with E-state index in [1.807, 2.05) is 0 Å². The van der Waals surface area contributed by atoms with E-state index < -0.39 is 5.97 Å². The number of esters is 1. The van der Waals surface area contributed by atoms with Crippen molar-refractivity contribution in [1.82, 2.24) is 10.6 Å². The van der Waals surface area contributed by atoms with E-state index in [1.165, 1.54) is 6.08 Å². The van der Waals surface area contributed by atoms with Crippen molar-refractivity contribution in [2.75, 3.05) is 6.61 Å². The first-order valence-corrected chi connectivity index (χ1v) is 6.84. The number of nitrogens with one attached hydrogen (secondary N) is 2. The molecule has 1 aliphatic carbocycles. The first-order valence-electron chi connectivity index (χ1n) is 6.84. The van der Waals surface area contributed by atoms with Gasteiger partial charge < -0.3 is 15.4 Å². The van der Waals surface area contributed by atoms with Gasteiger partial charge in [-0.1, -0.05) is 24.8 Å². The van der Waals surface area contributed by atoms with Gasteiger partial charge in [-0.25, -0.2) is 9.59 Å². The molecule has 0 fully saturated rings. The van der Waals surface area contributed by atoms with E-state index >= 15 is 0 Å². The maximum Gasteiger partial charge on any atom is 0.338 e. The molecule has 0 spiro atoms. The molecule has 5 nitrogen and oxygen atoms in total. The first-order chi connectivity index (χ1) is 9.63. The molecule has 1 aliphatic heterocycles. The number of urea groups is 1. The molecule has 5 heteroatoms. The van der Waals surface area contributed by atoms with Gasteiger partial charge in [0.25, 0.3) is 0 Å². The van der Waals surface area contributed by atoms with Gasteiger partial charge in [0.1, 0.15) is 6.61 Å². The summed E-state index contributed by atoms with van der Waals surface area (Å²) in [5.74, 6) is -0.165. The second-order valence-electron chi connectivity index (χ2n) is 5.05. The fourth-order valence-electron chi connectivity index (χ4n) is 2.69. The van der Waals surface area contributed by atoms with E-state index in [0.717, 1.165) is 19.3 Å². The van der Waals surface area contributed by atoms with E-state index in [-0.39, 0.29) is 24.6 Å². The normalized spacial score (nSPS) is 25.8. The number of carbonyl (C=O) groups is 2. The van der Waals surface area contributed by atoms with Crippen molar-refractivity contribution in [2.45, 2.75) is 32.2 Å². The standard InChI is InChI=1S/C15H20N2O3/c1-3-9-20-14(18)12-10(2)16-15(19)17-13(12)11-7-5-4-6-8-11/h3-5,11,13H,1,6-9H2,2H3,(H2,16,17,19)/t11-,13+/m1/s1. The molecule has 0 radical (unpaired) electrons. The molecular weight excluding hydrogens is 256 g/mol. The molecule has 2 aliphatic rings. The van der Waals surface area contributed by atoms with Crippen molar-refractivity contribution >= 4 is 12.0 Å². The summed E-state index contributed by atoms with van der Waals surface area (Å²) in [5, 5.41) is 5.50. The molecule has 2 N–H and O–H groups in total. The van der Waals surface area contributed by atoms with Crippen LogP contribution in [0.4, 0.5) is 4.79 Å². The summed E-state index contributed by atoms with van der Waals surface area (Å²) >= 11 is 0. The van der Waals surface area contributed by atoms with Gasteiger partial charge in [0.2, 0.25) is 0 Å². The average molecular weight is 276 g/mol. The minimum Gasteiger partial charge on any atom is -0.458 e. The molecule has 0 bridgehead atoms. The molecule has 0 aromatic heterocycles. The molecular formula is C15H20N2O3. The van der Waals surface area contributed by atoms with Crippen LogP contribution in [0.5, 0.6) is 0 Å². The molecule has 2 rings (SSSR count). The highest BCUT2D eigenvalue weighted by Crippen LogP contribution is 2.29. The van der Waals surface area contributed by atoms with Crippen molar-refractivity contribution in [2.24, 2.45) is 5.92 Å². The third-order valence-corrected chi connectivity index (χ3v) is 3.64. The predicted molar refractivity (Wildman–Crippen MR) is 75.8 cm³/mol. The summed E-state index contributed by atoms with van der Waals surface area (Å²) in [6, 6.07) is -0.548. The highest BCUT2D eigenvalue weighted by molar-refractivity contribution is 5.94. The second kappa shape index (κ2) is 6.41. The largest absolute Gasteiger partial charge is 0.458 e. The molecule has 2 amide bonds. The third-order valence-electron chi connectivity index (χ3n) is 3.64. The molecule has 2 atom stereocenters. The van der Waals surface area contributed by atoms with Crippen LogP contribution in [0.2, 0.25) is 0 Å². The van der Waals surface area contributed by atoms with Crippen molar-refractivity contribution in [1.29, 1.82) is 0 Å². The minimum absolute atomic E-state index is 0.168. The molecule has 20 heavy (non-hydrogen) atoms. The summed E-state index contributed by atoms with van der Waals surface area (Å²) in [7, 11) is 0. The number of amides is 2. The van der Waals surface area contributed by atoms with Crippen LogP contribution in [0.3, 0.4) is 0 Å². The maximum atomic E-state index is 12.2. The van der Waals surface area contributed by atoms with Crippen LogP contribution in [0.25, 0.3) is 0 Å². The zero-order valence-corrected chi connectivity index (χ0v) is 11.6. The Kier molecular flexibility index (Phi) is 4.61. The number of carbonyl (C=O) groups excluding carboxylic acids is 2. The van der Waals surface area contributed by atoms with E-state index in [1.54, 1.807) is 6.92 Å². The molecule has 0 aromatic rings. The Balaban J connectivity index is 2.23. The number of rotatable bonds is 4. The van der Waals surface area contributed by atoms with Gasteiger partial charge >= 0.3 is 12.0 Å². The highest BCUT2D eigenvalue weighted by Gasteiger charge is 2.35. The van der Waals surface area contributed by atoms with Crippen molar-refractivity contribution in [3.63, 3.8) is 0 Å². The second-order valence-corrected chi connectivity index (χ2v) is 5.05. The van der Waals surface area contributed by atoms with E-state index in [9.17, 15) is 9.59 Å². The molecule has 0 saturated carbocycles. The third kappa shape index (κ3) is 3.10. The lowest BCUT2D eigenvalue weighted by molar-refractivity contribution is -0.138. The molecule has 0 aromatic carbocycles. The number of hydrogen-bond donors (Lipinski definition) is 2. The minimum atomic E-state index is -0.394. The Bertz CT molecular complexity index is 480. The van der Waals surface area contributed by atoms with Gasteiger partial charge in [-0.3, -0.25) is 0 Å². The summed E-state index contributed by atoms with van der Waals surface area (Å²) < 4.78 is 5.13. The van der Waals surface area contributed by atoms with Crippen LogP contribution in [-0.4, -0.2) is 24.6 Å². The van der Waals surface area contributed by atoms with E-state index in [0.29, 0.717) is 11.3 Å². The van der Waals surface area contributed by atoms with Gasteiger partial charge in [-0.15, -0.1) is 0 Å². The smallest absolute Gasteiger partial charge is 0.338 e. The fraction of sp³-hybridized carbons (Fsp3) is 0.467. The monoisotopic (exact) mass is 276 g/mol. The van der Waals surface area contributed by atoms with Gasteiger partial charge in [0.15, 0.2) is 0 Å². The Morgan fingerprint density at radius 3 is 3.00 bits per heavy atom. The number of hydrogen-bond acceptors (Lipinski definition) is 3. The van der Waals surface area contributed by atoms with Gasteiger partial charge in [0, 0.05) is 5.70 Å². The van der Waals surface area contributed by atoms with Crippen LogP contribution in [0.15, 0.2) is 36.1 Å². The lowest BCUT2D eigenvalue weighted by Crippen LogP contribution is -2.53. The lowest BCUT2D eigenvalue weighted by Gasteiger charge is -2.34. The molecule has 108 valence electrons. The van der Waals surface area contributed by atoms with Crippen molar-refractivity contribution in [3.05, 3.63) is 36.1 Å². The number of ether oxygens (including phenoxy) is 1. The van der Waals surface area contributed by atoms with Crippen LogP contribution in [0.1, 0.15) is 26.2 Å². The summed E-state index contributed by atoms with van der Waals surface area (Å²) in [5.41, 5.74) is 1.09. The van der Waals surface area contributed by atoms with E-state index in [2.05, 4.69) is 29.4 Å². The number of allylic oxidation sites excluding steroid dienone is 3. The van der Waals surface area contributed by atoms with Crippen LogP contribution >= 0.6 is 0 Å². The maximum absolute atomic E-state index is 12.2. The van der Waals surface area contributed by atoms with Gasteiger partial charge in [-0.2, -0.15) is 0 Å². The van der Waals surface area contributed by atoms with E-state index in [4.69, 9.17) is 4.74 Å². The Hall–Kier alpha value is -2.04. The molecule has 1 heterocycles. The molecule has 0 unspecified atom stereocenters. The average Bonchev–Trinajstić information content (AvgIpc) is 2.45. The lowest BCUT2D eigenvalue weighted by atomic mass is 9.82. The van der Waals surface area contributed by atoms with Gasteiger partial charge in [-0.05, 0) is 32.1 Å². The quantitative estimate of drug-likeness (QED) is 0.610. The van der Waals surface area contributed by atoms with Crippen molar-refractivity contribution in [3.8, 4) is 0 Å². The van der Waals surface area contributed by atoms with Crippen LogP contribution < -0.4 is 10.6 Å². The summed E-state index contributed by atoms with van der Waals surface area (Å²) in [6.45, 7) is 5.43. The first kappa shape index (κ1) is 14.4. The summed E-state index contributed by atoms with van der Waals surface area (Å²) in [4.78, 5) is 23.9. The predicted octanol–water partition coefficient (Wildman–Crippen LogP) is 2.03. The SMILES string of the molecule is C=CCOC(=O)C1=C(C)NC(=O)N[C@H]1[C@@H]1CC=CCC1. The highest BCUT2D eigenvalue weighted by atomic mass is 16.5. The van der Waals surface area contributed by atoms with Gasteiger partial charge in [0.05, 0.1) is 11.6 Å². The Labute approximate surface area is 118 Å². The zero-order chi connectivity index (χ0) is 14.5. The fourth-order valence-corrected chi connectivity index (χ4v) is 2.69. The van der Waals surface area contributed by atoms with Crippen LogP contribution in [0, 0.1) is 5.92 Å².